The standard InChI is InChI=1S/C11H14N6O2/c1-7(11-14-16-17-15-11)13-10(18)6-19-9-5-3-2-4-8(9)12/h2-5,7H,6,12H2,1H3,(H,13,18)(H,14,15,16,17). The number of tetrazole rings is 1. The maximum absolute atomic E-state index is 11.7. The number of carbonyl (C=O) groups is 1. The van der Waals surface area contributed by atoms with Crippen molar-refractivity contribution in [2.75, 3.05) is 12.3 Å². The third kappa shape index (κ3) is 3.41. The molecule has 2 aromatic rings. The number of hydrogen-bond acceptors (Lipinski definition) is 6. The van der Waals surface area contributed by atoms with Crippen LogP contribution in [0.3, 0.4) is 0 Å². The number of carbonyl (C=O) groups excluding carboxylic acids is 1. The molecule has 1 aromatic carbocycles. The van der Waals surface area contributed by atoms with Crippen molar-refractivity contribution in [3.05, 3.63) is 30.1 Å². The Kier molecular flexibility index (Phi) is 3.91. The van der Waals surface area contributed by atoms with E-state index in [1.165, 1.54) is 0 Å². The Morgan fingerprint density at radius 1 is 1.53 bits per heavy atom. The van der Waals surface area contributed by atoms with E-state index < -0.39 is 0 Å². The Bertz CT molecular complexity index is 542. The molecule has 0 aliphatic heterocycles. The van der Waals surface area contributed by atoms with Crippen LogP contribution in [-0.2, 0) is 4.79 Å². The lowest BCUT2D eigenvalue weighted by molar-refractivity contribution is -0.123. The fourth-order valence-corrected chi connectivity index (χ4v) is 1.46. The van der Waals surface area contributed by atoms with Gasteiger partial charge in [0.05, 0.1) is 11.7 Å². The maximum atomic E-state index is 11.7. The van der Waals surface area contributed by atoms with E-state index in [1.807, 2.05) is 0 Å². The third-order valence-corrected chi connectivity index (χ3v) is 2.40. The molecular formula is C11H14N6O2. The molecule has 0 radical (unpaired) electrons. The molecule has 0 fully saturated rings. The molecule has 4 N–H and O–H groups in total. The van der Waals surface area contributed by atoms with E-state index >= 15 is 0 Å². The summed E-state index contributed by atoms with van der Waals surface area (Å²) in [6, 6.07) is 6.63. The molecule has 0 spiro atoms. The van der Waals surface area contributed by atoms with Crippen molar-refractivity contribution >= 4 is 11.6 Å². The summed E-state index contributed by atoms with van der Waals surface area (Å²) >= 11 is 0. The van der Waals surface area contributed by atoms with Gasteiger partial charge in [-0.1, -0.05) is 17.3 Å². The summed E-state index contributed by atoms with van der Waals surface area (Å²) in [5, 5.41) is 16.0. The Morgan fingerprint density at radius 3 is 3.00 bits per heavy atom. The first-order valence-corrected chi connectivity index (χ1v) is 5.67. The predicted molar refractivity (Wildman–Crippen MR) is 67.1 cm³/mol. The molecule has 0 bridgehead atoms. The van der Waals surface area contributed by atoms with Crippen LogP contribution < -0.4 is 15.8 Å². The molecule has 0 aliphatic carbocycles. The number of anilines is 1. The number of benzene rings is 1. The van der Waals surface area contributed by atoms with Crippen LogP contribution >= 0.6 is 0 Å². The maximum Gasteiger partial charge on any atom is 0.258 e. The van der Waals surface area contributed by atoms with Crippen molar-refractivity contribution in [2.45, 2.75) is 13.0 Å². The molecule has 1 heterocycles. The zero-order valence-corrected chi connectivity index (χ0v) is 10.3. The first-order valence-electron chi connectivity index (χ1n) is 5.67. The summed E-state index contributed by atoms with van der Waals surface area (Å²) in [6.45, 7) is 1.62. The number of para-hydroxylation sites is 2. The van der Waals surface area contributed by atoms with E-state index in [0.717, 1.165) is 0 Å². The molecule has 1 atom stereocenters. The summed E-state index contributed by atoms with van der Waals surface area (Å²) in [6.07, 6.45) is 0. The van der Waals surface area contributed by atoms with Crippen LogP contribution in [0.5, 0.6) is 5.75 Å². The van der Waals surface area contributed by atoms with E-state index in [2.05, 4.69) is 25.9 Å². The van der Waals surface area contributed by atoms with Gasteiger partial charge in [-0.3, -0.25) is 4.79 Å². The molecule has 1 unspecified atom stereocenters. The summed E-state index contributed by atoms with van der Waals surface area (Å²) in [7, 11) is 0. The highest BCUT2D eigenvalue weighted by Crippen LogP contribution is 2.19. The van der Waals surface area contributed by atoms with Crippen molar-refractivity contribution in [1.82, 2.24) is 25.9 Å². The summed E-state index contributed by atoms with van der Waals surface area (Å²) in [5.74, 6) is 0.595. The molecule has 2 rings (SSSR count). The van der Waals surface area contributed by atoms with Crippen molar-refractivity contribution in [1.29, 1.82) is 0 Å². The van der Waals surface area contributed by atoms with Crippen LogP contribution in [0.4, 0.5) is 5.69 Å². The number of H-pyrrole nitrogens is 1. The normalized spacial score (nSPS) is 11.8. The van der Waals surface area contributed by atoms with E-state index in [9.17, 15) is 4.79 Å². The lowest BCUT2D eigenvalue weighted by Crippen LogP contribution is -2.31. The number of aromatic amines is 1. The van der Waals surface area contributed by atoms with Crippen LogP contribution in [0.15, 0.2) is 24.3 Å². The molecular weight excluding hydrogens is 248 g/mol. The second-order valence-corrected chi connectivity index (χ2v) is 3.89. The Morgan fingerprint density at radius 2 is 2.32 bits per heavy atom. The highest BCUT2D eigenvalue weighted by atomic mass is 16.5. The third-order valence-electron chi connectivity index (χ3n) is 2.40. The van der Waals surface area contributed by atoms with Gasteiger partial charge in [-0.2, -0.15) is 5.21 Å². The Hall–Kier alpha value is -2.64. The van der Waals surface area contributed by atoms with E-state index in [-0.39, 0.29) is 18.6 Å². The van der Waals surface area contributed by atoms with Gasteiger partial charge in [0.15, 0.2) is 12.4 Å². The summed E-state index contributed by atoms with van der Waals surface area (Å²) in [4.78, 5) is 11.7. The number of nitrogens with zero attached hydrogens (tertiary/aromatic N) is 3. The molecule has 0 aliphatic rings. The predicted octanol–water partition coefficient (Wildman–Crippen LogP) is 0.0381. The lowest BCUT2D eigenvalue weighted by Gasteiger charge is -2.11. The van der Waals surface area contributed by atoms with Gasteiger partial charge in [0.2, 0.25) is 0 Å². The van der Waals surface area contributed by atoms with Crippen LogP contribution in [0, 0.1) is 0 Å². The minimum Gasteiger partial charge on any atom is -0.482 e. The van der Waals surface area contributed by atoms with E-state index in [1.54, 1.807) is 31.2 Å². The van der Waals surface area contributed by atoms with Gasteiger partial charge in [0.1, 0.15) is 5.75 Å². The van der Waals surface area contributed by atoms with E-state index in [0.29, 0.717) is 17.3 Å². The number of rotatable bonds is 5. The van der Waals surface area contributed by atoms with Gasteiger partial charge in [-0.05, 0) is 19.1 Å². The average molecular weight is 262 g/mol. The Balaban J connectivity index is 1.84. The fourth-order valence-electron chi connectivity index (χ4n) is 1.46. The Labute approximate surface area is 109 Å². The van der Waals surface area contributed by atoms with Gasteiger partial charge < -0.3 is 15.8 Å². The molecule has 100 valence electrons. The SMILES string of the molecule is CC(NC(=O)COc1ccccc1N)c1nn[nH]n1. The van der Waals surface area contributed by atoms with Crippen LogP contribution in [-0.4, -0.2) is 33.1 Å². The minimum atomic E-state index is -0.344. The highest BCUT2D eigenvalue weighted by molar-refractivity contribution is 5.78. The molecule has 1 aromatic heterocycles. The summed E-state index contributed by atoms with van der Waals surface area (Å²) < 4.78 is 5.32. The number of nitrogen functional groups attached to an aromatic ring is 1. The molecule has 8 heteroatoms. The number of hydrogen-bond donors (Lipinski definition) is 3. The quantitative estimate of drug-likeness (QED) is 0.654. The van der Waals surface area contributed by atoms with Gasteiger partial charge in [0.25, 0.3) is 5.91 Å². The van der Waals surface area contributed by atoms with Crippen molar-refractivity contribution in [2.24, 2.45) is 0 Å². The van der Waals surface area contributed by atoms with Crippen LogP contribution in [0.2, 0.25) is 0 Å². The molecule has 8 nitrogen and oxygen atoms in total. The number of nitrogens with two attached hydrogens (primary N) is 1. The van der Waals surface area contributed by atoms with Crippen molar-refractivity contribution in [3.63, 3.8) is 0 Å². The molecule has 19 heavy (non-hydrogen) atoms. The molecule has 1 amide bonds. The average Bonchev–Trinajstić information content (AvgIpc) is 2.91. The number of ether oxygens (including phenoxy) is 1. The summed E-state index contributed by atoms with van der Waals surface area (Å²) in [5.41, 5.74) is 6.18. The largest absolute Gasteiger partial charge is 0.482 e. The highest BCUT2D eigenvalue weighted by Gasteiger charge is 2.13. The second-order valence-electron chi connectivity index (χ2n) is 3.89. The van der Waals surface area contributed by atoms with Gasteiger partial charge >= 0.3 is 0 Å². The fraction of sp³-hybridized carbons (Fsp3) is 0.273. The number of nitrogens with one attached hydrogen (secondary N) is 2. The van der Waals surface area contributed by atoms with Gasteiger partial charge in [-0.25, -0.2) is 0 Å². The van der Waals surface area contributed by atoms with Crippen LogP contribution in [0.1, 0.15) is 18.8 Å². The topological polar surface area (TPSA) is 119 Å². The first kappa shape index (κ1) is 12.8. The van der Waals surface area contributed by atoms with E-state index in [4.69, 9.17) is 10.5 Å². The molecule has 0 saturated heterocycles. The molecule has 0 saturated carbocycles. The second kappa shape index (κ2) is 5.80. The van der Waals surface area contributed by atoms with Crippen LogP contribution in [0.25, 0.3) is 0 Å². The lowest BCUT2D eigenvalue weighted by atomic mass is 10.3. The van der Waals surface area contributed by atoms with Gasteiger partial charge in [-0.15, -0.1) is 10.2 Å². The smallest absolute Gasteiger partial charge is 0.258 e. The minimum absolute atomic E-state index is 0.129. The monoisotopic (exact) mass is 262 g/mol. The zero-order chi connectivity index (χ0) is 13.7. The van der Waals surface area contributed by atoms with Gasteiger partial charge in [0, 0.05) is 0 Å². The zero-order valence-electron chi connectivity index (χ0n) is 10.3. The van der Waals surface area contributed by atoms with Crippen molar-refractivity contribution < 1.29 is 9.53 Å². The first-order chi connectivity index (χ1) is 9.16. The number of amides is 1. The number of aromatic nitrogens is 4. The van der Waals surface area contributed by atoms with Crippen molar-refractivity contribution in [3.8, 4) is 5.75 Å².